The predicted molar refractivity (Wildman–Crippen MR) is 93.7 cm³/mol. The Kier molecular flexibility index (Phi) is 5.47. The Bertz CT molecular complexity index is 786. The molecule has 26 heavy (non-hydrogen) atoms. The van der Waals surface area contributed by atoms with Crippen molar-refractivity contribution in [2.75, 3.05) is 36.5 Å². The molecule has 0 atom stereocenters. The Hall–Kier alpha value is -2.13. The summed E-state index contributed by atoms with van der Waals surface area (Å²) in [5.41, 5.74) is 0.516. The van der Waals surface area contributed by atoms with Crippen molar-refractivity contribution in [1.29, 1.82) is 0 Å². The van der Waals surface area contributed by atoms with Crippen LogP contribution >= 0.6 is 11.3 Å². The van der Waals surface area contributed by atoms with Crippen LogP contribution < -0.4 is 10.2 Å². The molecule has 1 amide bonds. The molecule has 0 bridgehead atoms. The number of amides is 1. The molecule has 1 aromatic heterocycles. The van der Waals surface area contributed by atoms with Crippen LogP contribution in [0, 0.1) is 6.92 Å². The molecule has 1 aromatic carbocycles. The topological polar surface area (TPSA) is 54.5 Å². The zero-order valence-electron chi connectivity index (χ0n) is 14.1. The molecule has 0 radical (unpaired) electrons. The summed E-state index contributed by atoms with van der Waals surface area (Å²) in [7, 11) is 0. The van der Waals surface area contributed by atoms with E-state index in [4.69, 9.17) is 4.74 Å². The van der Waals surface area contributed by atoms with Crippen molar-refractivity contribution < 1.29 is 22.7 Å². The van der Waals surface area contributed by atoms with Crippen molar-refractivity contribution in [3.63, 3.8) is 0 Å². The number of carbonyl (C=O) groups excluding carboxylic acids is 1. The van der Waals surface area contributed by atoms with Crippen LogP contribution in [0.4, 0.5) is 24.5 Å². The minimum Gasteiger partial charge on any atom is -0.378 e. The van der Waals surface area contributed by atoms with Gasteiger partial charge in [0.1, 0.15) is 0 Å². The van der Waals surface area contributed by atoms with E-state index in [1.165, 1.54) is 17.4 Å². The molecule has 2 heterocycles. The molecule has 5 nitrogen and oxygen atoms in total. The first-order valence-corrected chi connectivity index (χ1v) is 8.95. The van der Waals surface area contributed by atoms with Gasteiger partial charge in [-0.05, 0) is 25.1 Å². The number of morpholine rings is 1. The summed E-state index contributed by atoms with van der Waals surface area (Å²) >= 11 is 1.42. The fraction of sp³-hybridized carbons (Fsp3) is 0.412. The summed E-state index contributed by atoms with van der Waals surface area (Å²) in [6.45, 7) is 3.92. The van der Waals surface area contributed by atoms with Crippen molar-refractivity contribution in [2.24, 2.45) is 0 Å². The Morgan fingerprint density at radius 3 is 2.69 bits per heavy atom. The number of hydrogen-bond donors (Lipinski definition) is 1. The van der Waals surface area contributed by atoms with Crippen molar-refractivity contribution in [1.82, 2.24) is 4.98 Å². The highest BCUT2D eigenvalue weighted by Crippen LogP contribution is 2.35. The van der Waals surface area contributed by atoms with Crippen molar-refractivity contribution in [3.05, 3.63) is 39.8 Å². The van der Waals surface area contributed by atoms with Gasteiger partial charge in [-0.25, -0.2) is 4.98 Å². The second-order valence-electron chi connectivity index (χ2n) is 5.91. The molecule has 1 fully saturated rings. The molecule has 140 valence electrons. The fourth-order valence-electron chi connectivity index (χ4n) is 2.74. The van der Waals surface area contributed by atoms with Gasteiger partial charge < -0.3 is 15.0 Å². The smallest absolute Gasteiger partial charge is 0.378 e. The lowest BCUT2D eigenvalue weighted by atomic mass is 10.1. The maximum atomic E-state index is 13.1. The molecule has 1 saturated heterocycles. The van der Waals surface area contributed by atoms with Gasteiger partial charge in [-0.15, -0.1) is 11.3 Å². The molecular weight excluding hydrogens is 367 g/mol. The normalized spacial score (nSPS) is 15.2. The minimum absolute atomic E-state index is 0.0170. The summed E-state index contributed by atoms with van der Waals surface area (Å²) in [5, 5.41) is 5.22. The lowest BCUT2D eigenvalue weighted by Crippen LogP contribution is -2.37. The molecule has 1 aliphatic heterocycles. The van der Waals surface area contributed by atoms with Gasteiger partial charge >= 0.3 is 6.18 Å². The molecule has 0 unspecified atom stereocenters. The summed E-state index contributed by atoms with van der Waals surface area (Å²) in [4.78, 5) is 18.4. The number of hydrogen-bond acceptors (Lipinski definition) is 5. The minimum atomic E-state index is -4.48. The van der Waals surface area contributed by atoms with Gasteiger partial charge in [-0.1, -0.05) is 0 Å². The van der Waals surface area contributed by atoms with E-state index in [1.54, 1.807) is 5.38 Å². The Morgan fingerprint density at radius 2 is 2.08 bits per heavy atom. The first-order valence-electron chi connectivity index (χ1n) is 8.08. The van der Waals surface area contributed by atoms with Crippen LogP contribution in [0.15, 0.2) is 23.6 Å². The Labute approximate surface area is 152 Å². The molecule has 0 spiro atoms. The summed E-state index contributed by atoms with van der Waals surface area (Å²) in [6.07, 6.45) is -4.46. The standard InChI is InChI=1S/C17H18F3N3O2S/c1-11-21-13(10-26-11)9-16(24)22-14-8-12(17(18,19)20)2-3-15(14)23-4-6-25-7-5-23/h2-3,8,10H,4-7,9H2,1H3,(H,22,24). The number of ether oxygens (including phenoxy) is 1. The number of carbonyl (C=O) groups is 1. The van der Waals surface area contributed by atoms with E-state index in [-0.39, 0.29) is 12.1 Å². The van der Waals surface area contributed by atoms with Crippen molar-refractivity contribution in [3.8, 4) is 0 Å². The molecule has 1 aliphatic rings. The summed E-state index contributed by atoms with van der Waals surface area (Å²) in [6, 6.07) is 3.41. The highest BCUT2D eigenvalue weighted by molar-refractivity contribution is 7.09. The van der Waals surface area contributed by atoms with E-state index in [9.17, 15) is 18.0 Å². The second kappa shape index (κ2) is 7.63. The largest absolute Gasteiger partial charge is 0.416 e. The molecule has 0 saturated carbocycles. The summed E-state index contributed by atoms with van der Waals surface area (Å²) in [5.74, 6) is -0.399. The molecule has 1 N–H and O–H groups in total. The number of halogens is 3. The van der Waals surface area contributed by atoms with Crippen LogP contribution in [-0.2, 0) is 22.1 Å². The molecule has 2 aromatic rings. The zero-order valence-corrected chi connectivity index (χ0v) is 14.9. The van der Waals surface area contributed by atoms with Crippen LogP contribution in [0.2, 0.25) is 0 Å². The third-order valence-electron chi connectivity index (χ3n) is 3.96. The maximum absolute atomic E-state index is 13.1. The van der Waals surface area contributed by atoms with Crippen LogP contribution in [0.5, 0.6) is 0 Å². The average molecular weight is 385 g/mol. The lowest BCUT2D eigenvalue weighted by Gasteiger charge is -2.31. The van der Waals surface area contributed by atoms with Gasteiger partial charge in [-0.3, -0.25) is 4.79 Å². The number of rotatable bonds is 4. The Balaban J connectivity index is 1.84. The van der Waals surface area contributed by atoms with Gasteiger partial charge in [0.25, 0.3) is 0 Å². The van der Waals surface area contributed by atoms with Crippen LogP contribution in [-0.4, -0.2) is 37.2 Å². The van der Waals surface area contributed by atoms with Crippen molar-refractivity contribution >= 4 is 28.6 Å². The third-order valence-corrected chi connectivity index (χ3v) is 4.78. The van der Waals surface area contributed by atoms with Crippen LogP contribution in [0.3, 0.4) is 0 Å². The first kappa shape index (κ1) is 18.7. The fourth-order valence-corrected chi connectivity index (χ4v) is 3.35. The Morgan fingerprint density at radius 1 is 1.35 bits per heavy atom. The van der Waals surface area contributed by atoms with Gasteiger partial charge in [0.05, 0.1) is 47.3 Å². The molecule has 0 aliphatic carbocycles. The quantitative estimate of drug-likeness (QED) is 0.876. The van der Waals surface area contributed by atoms with E-state index < -0.39 is 17.6 Å². The number of aromatic nitrogens is 1. The van der Waals surface area contributed by atoms with Gasteiger partial charge in [0.15, 0.2) is 0 Å². The van der Waals surface area contributed by atoms with E-state index in [0.717, 1.165) is 17.1 Å². The average Bonchev–Trinajstić information content (AvgIpc) is 2.99. The predicted octanol–water partition coefficient (Wildman–Crippen LogP) is 3.49. The van der Waals surface area contributed by atoms with Gasteiger partial charge in [0, 0.05) is 18.5 Å². The van der Waals surface area contributed by atoms with Crippen LogP contribution in [0.1, 0.15) is 16.3 Å². The number of nitrogens with one attached hydrogen (secondary N) is 1. The first-order chi connectivity index (χ1) is 12.3. The van der Waals surface area contributed by atoms with E-state index >= 15 is 0 Å². The van der Waals surface area contributed by atoms with Gasteiger partial charge in [-0.2, -0.15) is 13.2 Å². The van der Waals surface area contributed by atoms with E-state index in [1.807, 2.05) is 11.8 Å². The monoisotopic (exact) mass is 385 g/mol. The number of benzene rings is 1. The zero-order chi connectivity index (χ0) is 18.7. The SMILES string of the molecule is Cc1nc(CC(=O)Nc2cc(C(F)(F)F)ccc2N2CCOCC2)cs1. The molecule has 3 rings (SSSR count). The second-order valence-corrected chi connectivity index (χ2v) is 6.97. The number of thiazole rings is 1. The summed E-state index contributed by atoms with van der Waals surface area (Å²) < 4.78 is 44.5. The van der Waals surface area contributed by atoms with E-state index in [2.05, 4.69) is 10.3 Å². The maximum Gasteiger partial charge on any atom is 0.416 e. The highest BCUT2D eigenvalue weighted by Gasteiger charge is 2.32. The molecular formula is C17H18F3N3O2S. The lowest BCUT2D eigenvalue weighted by molar-refractivity contribution is -0.137. The van der Waals surface area contributed by atoms with Gasteiger partial charge in [0.2, 0.25) is 5.91 Å². The number of nitrogens with zero attached hydrogens (tertiary/aromatic N) is 2. The van der Waals surface area contributed by atoms with E-state index in [0.29, 0.717) is 37.7 Å². The number of alkyl halides is 3. The third kappa shape index (κ3) is 4.53. The van der Waals surface area contributed by atoms with Crippen LogP contribution in [0.25, 0.3) is 0 Å². The van der Waals surface area contributed by atoms with Crippen molar-refractivity contribution in [2.45, 2.75) is 19.5 Å². The highest BCUT2D eigenvalue weighted by atomic mass is 32.1. The number of aryl methyl sites for hydroxylation is 1. The number of anilines is 2. The molecule has 9 heteroatoms.